The normalized spacial score (nSPS) is 22.2. The predicted molar refractivity (Wildman–Crippen MR) is 78.6 cm³/mol. The number of thioether (sulfide) groups is 1. The molecule has 2 rings (SSSR count). The summed E-state index contributed by atoms with van der Waals surface area (Å²) in [4.78, 5) is 11.3. The lowest BCUT2D eigenvalue weighted by Gasteiger charge is -2.13. The topological polar surface area (TPSA) is 66.9 Å². The minimum absolute atomic E-state index is 0.209. The van der Waals surface area contributed by atoms with E-state index in [-0.39, 0.29) is 5.91 Å². The van der Waals surface area contributed by atoms with Crippen molar-refractivity contribution in [1.82, 2.24) is 15.5 Å². The zero-order valence-electron chi connectivity index (χ0n) is 11.3. The molecule has 0 spiro atoms. The minimum Gasteiger partial charge on any atom is -0.366 e. The summed E-state index contributed by atoms with van der Waals surface area (Å²) in [7, 11) is 1.58. The van der Waals surface area contributed by atoms with Gasteiger partial charge in [0, 0.05) is 18.3 Å². The highest BCUT2D eigenvalue weighted by Crippen LogP contribution is 2.31. The Kier molecular flexibility index (Phi) is 5.01. The van der Waals surface area contributed by atoms with Gasteiger partial charge in [-0.05, 0) is 37.1 Å². The van der Waals surface area contributed by atoms with E-state index in [0.29, 0.717) is 11.7 Å². The third-order valence-electron chi connectivity index (χ3n) is 3.26. The molecule has 1 saturated carbocycles. The Morgan fingerprint density at radius 3 is 2.89 bits per heavy atom. The summed E-state index contributed by atoms with van der Waals surface area (Å²) in [6, 6.07) is 3.99. The Morgan fingerprint density at radius 2 is 2.26 bits per heavy atom. The number of amides is 1. The first-order valence-corrected chi connectivity index (χ1v) is 7.71. The lowest BCUT2D eigenvalue weighted by Crippen LogP contribution is -2.21. The number of carbonyl (C=O) groups is 1. The van der Waals surface area contributed by atoms with Crippen molar-refractivity contribution < 1.29 is 4.79 Å². The van der Waals surface area contributed by atoms with E-state index >= 15 is 0 Å². The highest BCUT2D eigenvalue weighted by molar-refractivity contribution is 7.99. The second-order valence-electron chi connectivity index (χ2n) is 4.61. The van der Waals surface area contributed by atoms with Crippen LogP contribution in [0.15, 0.2) is 12.1 Å². The summed E-state index contributed by atoms with van der Waals surface area (Å²) in [6.45, 7) is 2.20. The van der Waals surface area contributed by atoms with E-state index in [2.05, 4.69) is 27.8 Å². The van der Waals surface area contributed by atoms with Gasteiger partial charge >= 0.3 is 0 Å². The SMILES string of the molecule is CCSC1CCC(Nc2ccc(C(=O)NC)nn2)C1. The van der Waals surface area contributed by atoms with Crippen molar-refractivity contribution in [3.05, 3.63) is 17.8 Å². The Hall–Kier alpha value is -1.30. The first-order chi connectivity index (χ1) is 9.22. The van der Waals surface area contributed by atoms with Crippen LogP contribution in [0.25, 0.3) is 0 Å². The van der Waals surface area contributed by atoms with Crippen LogP contribution in [-0.4, -0.2) is 40.2 Å². The second kappa shape index (κ2) is 6.75. The van der Waals surface area contributed by atoms with Crippen molar-refractivity contribution in [2.75, 3.05) is 18.1 Å². The quantitative estimate of drug-likeness (QED) is 0.862. The molecule has 1 heterocycles. The summed E-state index contributed by atoms with van der Waals surface area (Å²) >= 11 is 2.03. The van der Waals surface area contributed by atoms with E-state index in [1.54, 1.807) is 13.1 Å². The number of carbonyl (C=O) groups excluding carboxylic acids is 1. The smallest absolute Gasteiger partial charge is 0.271 e. The summed E-state index contributed by atoms with van der Waals surface area (Å²) in [5.41, 5.74) is 0.346. The molecule has 1 fully saturated rings. The molecule has 2 N–H and O–H groups in total. The van der Waals surface area contributed by atoms with E-state index in [1.807, 2.05) is 17.8 Å². The number of anilines is 1. The number of hydrogen-bond donors (Lipinski definition) is 2. The van der Waals surface area contributed by atoms with Crippen LogP contribution < -0.4 is 10.6 Å². The van der Waals surface area contributed by atoms with Crippen molar-refractivity contribution in [3.63, 3.8) is 0 Å². The van der Waals surface area contributed by atoms with Gasteiger partial charge < -0.3 is 10.6 Å². The molecule has 0 aromatic carbocycles. The fourth-order valence-electron chi connectivity index (χ4n) is 2.33. The highest BCUT2D eigenvalue weighted by Gasteiger charge is 2.24. The van der Waals surface area contributed by atoms with Gasteiger partial charge in [-0.25, -0.2) is 0 Å². The molecule has 0 bridgehead atoms. The van der Waals surface area contributed by atoms with E-state index in [0.717, 1.165) is 11.1 Å². The fourth-order valence-corrected chi connectivity index (χ4v) is 3.47. The Balaban J connectivity index is 1.88. The number of nitrogens with one attached hydrogen (secondary N) is 2. The van der Waals surface area contributed by atoms with Gasteiger partial charge in [0.25, 0.3) is 5.91 Å². The van der Waals surface area contributed by atoms with Crippen LogP contribution in [0.4, 0.5) is 5.82 Å². The van der Waals surface area contributed by atoms with Gasteiger partial charge in [-0.1, -0.05) is 6.92 Å². The lowest BCUT2D eigenvalue weighted by molar-refractivity contribution is 0.0957. The monoisotopic (exact) mass is 280 g/mol. The van der Waals surface area contributed by atoms with E-state index in [1.165, 1.54) is 25.0 Å². The molecule has 104 valence electrons. The molecular formula is C13H20N4OS. The van der Waals surface area contributed by atoms with Crippen LogP contribution in [-0.2, 0) is 0 Å². The molecule has 1 aliphatic rings. The molecule has 1 amide bonds. The van der Waals surface area contributed by atoms with E-state index in [4.69, 9.17) is 0 Å². The maximum absolute atomic E-state index is 11.3. The van der Waals surface area contributed by atoms with Crippen molar-refractivity contribution in [2.45, 2.75) is 37.5 Å². The average molecular weight is 280 g/mol. The number of rotatable bonds is 5. The molecule has 1 aromatic rings. The molecule has 0 saturated heterocycles. The van der Waals surface area contributed by atoms with Gasteiger partial charge in [0.2, 0.25) is 0 Å². The van der Waals surface area contributed by atoms with Crippen LogP contribution in [0.3, 0.4) is 0 Å². The van der Waals surface area contributed by atoms with Crippen molar-refractivity contribution in [2.24, 2.45) is 0 Å². The number of nitrogens with zero attached hydrogens (tertiary/aromatic N) is 2. The molecular weight excluding hydrogens is 260 g/mol. The third-order valence-corrected chi connectivity index (χ3v) is 4.50. The maximum atomic E-state index is 11.3. The number of hydrogen-bond acceptors (Lipinski definition) is 5. The number of aromatic nitrogens is 2. The van der Waals surface area contributed by atoms with Crippen LogP contribution in [0, 0.1) is 0 Å². The van der Waals surface area contributed by atoms with Crippen LogP contribution >= 0.6 is 11.8 Å². The van der Waals surface area contributed by atoms with E-state index in [9.17, 15) is 4.79 Å². The summed E-state index contributed by atoms with van der Waals surface area (Å²) in [6.07, 6.45) is 3.62. The van der Waals surface area contributed by atoms with E-state index < -0.39 is 0 Å². The highest BCUT2D eigenvalue weighted by atomic mass is 32.2. The Labute approximate surface area is 118 Å². The molecule has 19 heavy (non-hydrogen) atoms. The predicted octanol–water partition coefficient (Wildman–Crippen LogP) is 1.92. The molecule has 6 heteroatoms. The lowest BCUT2D eigenvalue weighted by atomic mass is 10.2. The van der Waals surface area contributed by atoms with Gasteiger partial charge in [-0.3, -0.25) is 4.79 Å². The maximum Gasteiger partial charge on any atom is 0.271 e. The van der Waals surface area contributed by atoms with Gasteiger partial charge in [-0.2, -0.15) is 11.8 Å². The molecule has 1 aromatic heterocycles. The van der Waals surface area contributed by atoms with Gasteiger partial charge in [0.05, 0.1) is 0 Å². The van der Waals surface area contributed by atoms with Crippen molar-refractivity contribution >= 4 is 23.5 Å². The summed E-state index contributed by atoms with van der Waals surface area (Å²) in [5.74, 6) is 1.72. The van der Waals surface area contributed by atoms with Crippen LogP contribution in [0.1, 0.15) is 36.7 Å². The average Bonchev–Trinajstić information content (AvgIpc) is 2.86. The molecule has 0 aliphatic heterocycles. The molecule has 5 nitrogen and oxygen atoms in total. The first-order valence-electron chi connectivity index (χ1n) is 6.67. The molecule has 1 aliphatic carbocycles. The standard InChI is InChI=1S/C13H20N4OS/c1-3-19-10-5-4-9(8-10)15-12-7-6-11(16-17-12)13(18)14-2/h6-7,9-10H,3-5,8H2,1-2H3,(H,14,18)(H,15,17). The fraction of sp³-hybridized carbons (Fsp3) is 0.615. The zero-order chi connectivity index (χ0) is 13.7. The van der Waals surface area contributed by atoms with Crippen LogP contribution in [0.5, 0.6) is 0 Å². The summed E-state index contributed by atoms with van der Waals surface area (Å²) in [5, 5.41) is 14.7. The molecule has 0 radical (unpaired) electrons. The summed E-state index contributed by atoms with van der Waals surface area (Å²) < 4.78 is 0. The van der Waals surface area contributed by atoms with Crippen molar-refractivity contribution in [3.8, 4) is 0 Å². The minimum atomic E-state index is -0.209. The molecule has 2 atom stereocenters. The second-order valence-corrected chi connectivity index (χ2v) is 6.19. The third kappa shape index (κ3) is 3.83. The Morgan fingerprint density at radius 1 is 1.42 bits per heavy atom. The Bertz CT molecular complexity index is 423. The van der Waals surface area contributed by atoms with Crippen molar-refractivity contribution in [1.29, 1.82) is 0 Å². The van der Waals surface area contributed by atoms with Gasteiger partial charge in [0.15, 0.2) is 5.69 Å². The first kappa shape index (κ1) is 14.1. The molecule has 2 unspecified atom stereocenters. The largest absolute Gasteiger partial charge is 0.366 e. The van der Waals surface area contributed by atoms with Crippen LogP contribution in [0.2, 0.25) is 0 Å². The zero-order valence-corrected chi connectivity index (χ0v) is 12.2. The van der Waals surface area contributed by atoms with Gasteiger partial charge in [-0.15, -0.1) is 10.2 Å². The van der Waals surface area contributed by atoms with Gasteiger partial charge in [0.1, 0.15) is 5.82 Å².